The van der Waals surface area contributed by atoms with Gasteiger partial charge in [0.25, 0.3) is 15.9 Å². The molecule has 1 aliphatic rings. The molecule has 1 amide bonds. The van der Waals surface area contributed by atoms with E-state index in [0.717, 1.165) is 0 Å². The van der Waals surface area contributed by atoms with Gasteiger partial charge >= 0.3 is 0 Å². The predicted molar refractivity (Wildman–Crippen MR) is 70.4 cm³/mol. The first-order chi connectivity index (χ1) is 9.29. The standard InChI is InChI=1S/C11H18N4O4S/c1-11(10(16)12-2)7-15(4-5-19-11)20(17,18)9-6-14(3)8-13-9/h6,8H,4-5,7H2,1-3H3,(H,12,16)/t11-/m0/s1. The second-order valence-electron chi connectivity index (χ2n) is 4.87. The van der Waals surface area contributed by atoms with Crippen molar-refractivity contribution in [3.8, 4) is 0 Å². The second-order valence-corrected chi connectivity index (χ2v) is 6.76. The van der Waals surface area contributed by atoms with Crippen LogP contribution in [0.2, 0.25) is 0 Å². The first kappa shape index (κ1) is 14.9. The minimum Gasteiger partial charge on any atom is -0.363 e. The molecule has 0 aromatic carbocycles. The number of rotatable bonds is 3. The molecule has 1 aromatic rings. The van der Waals surface area contributed by atoms with Gasteiger partial charge in [0.1, 0.15) is 0 Å². The van der Waals surface area contributed by atoms with Crippen molar-refractivity contribution in [1.82, 2.24) is 19.2 Å². The van der Waals surface area contributed by atoms with Gasteiger partial charge in [-0.15, -0.1) is 0 Å². The number of imidazole rings is 1. The Morgan fingerprint density at radius 3 is 2.80 bits per heavy atom. The van der Waals surface area contributed by atoms with Crippen LogP contribution in [0.25, 0.3) is 0 Å². The van der Waals surface area contributed by atoms with E-state index in [9.17, 15) is 13.2 Å². The lowest BCUT2D eigenvalue weighted by atomic mass is 10.0. The fourth-order valence-electron chi connectivity index (χ4n) is 2.10. The van der Waals surface area contributed by atoms with Crippen LogP contribution in [0.3, 0.4) is 0 Å². The Morgan fingerprint density at radius 1 is 1.55 bits per heavy atom. The van der Waals surface area contributed by atoms with Crippen LogP contribution in [0.1, 0.15) is 6.92 Å². The van der Waals surface area contributed by atoms with E-state index in [-0.39, 0.29) is 30.6 Å². The molecule has 1 fully saturated rings. The molecule has 1 saturated heterocycles. The molecule has 0 spiro atoms. The largest absolute Gasteiger partial charge is 0.363 e. The van der Waals surface area contributed by atoms with Crippen molar-refractivity contribution >= 4 is 15.9 Å². The highest BCUT2D eigenvalue weighted by Gasteiger charge is 2.43. The summed E-state index contributed by atoms with van der Waals surface area (Å²) in [6.45, 7) is 1.90. The molecular formula is C11H18N4O4S. The smallest absolute Gasteiger partial charge is 0.262 e. The summed E-state index contributed by atoms with van der Waals surface area (Å²) in [6, 6.07) is 0. The van der Waals surface area contributed by atoms with E-state index >= 15 is 0 Å². The lowest BCUT2D eigenvalue weighted by molar-refractivity contribution is -0.151. The van der Waals surface area contributed by atoms with E-state index in [1.165, 1.54) is 23.9 Å². The molecule has 0 radical (unpaired) electrons. The summed E-state index contributed by atoms with van der Waals surface area (Å²) in [5.41, 5.74) is -1.19. The van der Waals surface area contributed by atoms with Crippen LogP contribution in [-0.4, -0.2) is 60.5 Å². The van der Waals surface area contributed by atoms with Crippen LogP contribution in [0.5, 0.6) is 0 Å². The van der Waals surface area contributed by atoms with Gasteiger partial charge in [-0.3, -0.25) is 4.79 Å². The van der Waals surface area contributed by atoms with Gasteiger partial charge in [0.05, 0.1) is 19.5 Å². The number of hydrogen-bond donors (Lipinski definition) is 1. The van der Waals surface area contributed by atoms with E-state index in [1.54, 1.807) is 18.5 Å². The van der Waals surface area contributed by atoms with Crippen molar-refractivity contribution in [3.05, 3.63) is 12.5 Å². The zero-order chi connectivity index (χ0) is 15.0. The van der Waals surface area contributed by atoms with Gasteiger partial charge in [0.15, 0.2) is 10.6 Å². The Kier molecular flexibility index (Phi) is 3.85. The molecule has 2 heterocycles. The Bertz CT molecular complexity index is 612. The summed E-state index contributed by atoms with van der Waals surface area (Å²) in [5, 5.41) is 2.46. The number of carbonyl (C=O) groups is 1. The lowest BCUT2D eigenvalue weighted by Gasteiger charge is -2.37. The third kappa shape index (κ3) is 2.56. The fraction of sp³-hybridized carbons (Fsp3) is 0.636. The van der Waals surface area contributed by atoms with E-state index < -0.39 is 15.6 Å². The van der Waals surface area contributed by atoms with Gasteiger partial charge in [-0.05, 0) is 6.92 Å². The van der Waals surface area contributed by atoms with Crippen LogP contribution < -0.4 is 5.32 Å². The number of morpholine rings is 1. The summed E-state index contributed by atoms with van der Waals surface area (Å²) >= 11 is 0. The highest BCUT2D eigenvalue weighted by atomic mass is 32.2. The molecule has 0 bridgehead atoms. The number of aromatic nitrogens is 2. The zero-order valence-electron chi connectivity index (χ0n) is 11.7. The molecule has 1 N–H and O–H groups in total. The molecule has 1 aromatic heterocycles. The molecule has 2 rings (SSSR count). The Morgan fingerprint density at radius 2 is 2.25 bits per heavy atom. The topological polar surface area (TPSA) is 93.5 Å². The summed E-state index contributed by atoms with van der Waals surface area (Å²) in [7, 11) is -0.529. The van der Waals surface area contributed by atoms with Gasteiger partial charge in [-0.25, -0.2) is 13.4 Å². The number of likely N-dealkylation sites (N-methyl/N-ethyl adjacent to an activating group) is 1. The van der Waals surface area contributed by atoms with Crippen molar-refractivity contribution in [3.63, 3.8) is 0 Å². The van der Waals surface area contributed by atoms with E-state index in [2.05, 4.69) is 10.3 Å². The molecule has 20 heavy (non-hydrogen) atoms. The summed E-state index contributed by atoms with van der Waals surface area (Å²) in [6.07, 6.45) is 2.85. The Labute approximate surface area is 117 Å². The van der Waals surface area contributed by atoms with E-state index in [0.29, 0.717) is 0 Å². The summed E-state index contributed by atoms with van der Waals surface area (Å²) in [4.78, 5) is 15.7. The first-order valence-electron chi connectivity index (χ1n) is 6.14. The fourth-order valence-corrected chi connectivity index (χ4v) is 3.57. The van der Waals surface area contributed by atoms with Crippen molar-refractivity contribution in [2.24, 2.45) is 7.05 Å². The van der Waals surface area contributed by atoms with Crippen LogP contribution in [0, 0.1) is 0 Å². The molecule has 8 nitrogen and oxygen atoms in total. The zero-order valence-corrected chi connectivity index (χ0v) is 12.5. The summed E-state index contributed by atoms with van der Waals surface area (Å²) in [5.74, 6) is -0.349. The minimum atomic E-state index is -3.71. The second kappa shape index (κ2) is 5.15. The number of sulfonamides is 1. The molecular weight excluding hydrogens is 284 g/mol. The number of amides is 1. The van der Waals surface area contributed by atoms with Crippen LogP contribution in [-0.2, 0) is 26.6 Å². The number of ether oxygens (including phenoxy) is 1. The Balaban J connectivity index is 2.27. The number of hydrogen-bond acceptors (Lipinski definition) is 5. The quantitative estimate of drug-likeness (QED) is 0.768. The van der Waals surface area contributed by atoms with Crippen molar-refractivity contribution in [2.45, 2.75) is 17.6 Å². The average Bonchev–Trinajstić information content (AvgIpc) is 2.85. The maximum atomic E-state index is 12.5. The highest BCUT2D eigenvalue weighted by Crippen LogP contribution is 2.23. The van der Waals surface area contributed by atoms with Gasteiger partial charge in [0, 0.05) is 26.8 Å². The maximum Gasteiger partial charge on any atom is 0.262 e. The van der Waals surface area contributed by atoms with E-state index in [4.69, 9.17) is 4.74 Å². The molecule has 1 atom stereocenters. The number of nitrogens with zero attached hydrogens (tertiary/aromatic N) is 3. The van der Waals surface area contributed by atoms with E-state index in [1.807, 2.05) is 0 Å². The molecule has 0 saturated carbocycles. The third-order valence-electron chi connectivity index (χ3n) is 3.23. The van der Waals surface area contributed by atoms with Crippen LogP contribution in [0.4, 0.5) is 0 Å². The minimum absolute atomic E-state index is 0.0267. The Hall–Kier alpha value is -1.45. The number of nitrogens with one attached hydrogen (secondary N) is 1. The molecule has 0 aliphatic carbocycles. The van der Waals surface area contributed by atoms with Crippen molar-refractivity contribution in [1.29, 1.82) is 0 Å². The van der Waals surface area contributed by atoms with Gasteiger partial charge in [-0.2, -0.15) is 4.31 Å². The van der Waals surface area contributed by atoms with Gasteiger partial charge in [0.2, 0.25) is 0 Å². The average molecular weight is 302 g/mol. The monoisotopic (exact) mass is 302 g/mol. The predicted octanol–water partition coefficient (Wildman–Crippen LogP) is -1.05. The third-order valence-corrected chi connectivity index (χ3v) is 4.96. The first-order valence-corrected chi connectivity index (χ1v) is 7.58. The van der Waals surface area contributed by atoms with Crippen LogP contribution >= 0.6 is 0 Å². The molecule has 112 valence electrons. The molecule has 1 aliphatic heterocycles. The maximum absolute atomic E-state index is 12.5. The molecule has 0 unspecified atom stereocenters. The van der Waals surface area contributed by atoms with Crippen LogP contribution in [0.15, 0.2) is 17.6 Å². The number of aryl methyl sites for hydroxylation is 1. The molecule has 9 heteroatoms. The highest BCUT2D eigenvalue weighted by molar-refractivity contribution is 7.89. The lowest BCUT2D eigenvalue weighted by Crippen LogP contribution is -2.58. The normalized spacial score (nSPS) is 24.6. The van der Waals surface area contributed by atoms with Gasteiger partial charge < -0.3 is 14.6 Å². The van der Waals surface area contributed by atoms with Gasteiger partial charge in [-0.1, -0.05) is 0 Å². The van der Waals surface area contributed by atoms with Crippen molar-refractivity contribution in [2.75, 3.05) is 26.7 Å². The SMILES string of the molecule is CNC(=O)[C@]1(C)CN(S(=O)(=O)c2cn(C)cn2)CCO1. The van der Waals surface area contributed by atoms with Crippen molar-refractivity contribution < 1.29 is 17.9 Å². The number of carbonyl (C=O) groups excluding carboxylic acids is 1. The summed E-state index contributed by atoms with van der Waals surface area (Å²) < 4.78 is 33.2.